The molecule has 1 aromatic carbocycles. The molecule has 0 aliphatic carbocycles. The third-order valence-corrected chi connectivity index (χ3v) is 2.90. The minimum atomic E-state index is -0.524. The number of hydrogen-bond donors (Lipinski definition) is 0. The number of hydrogen-bond acceptors (Lipinski definition) is 3. The summed E-state index contributed by atoms with van der Waals surface area (Å²) in [6.45, 7) is 1.98. The molecular weight excluding hydrogens is 303 g/mol. The first kappa shape index (κ1) is 12.8. The number of halogens is 2. The minimum absolute atomic E-state index is 0.145. The molecule has 0 radical (unpaired) electrons. The number of imidazole rings is 1. The second-order valence-corrected chi connectivity index (χ2v) is 4.31. The monoisotopic (exact) mass is 312 g/mol. The van der Waals surface area contributed by atoms with E-state index in [0.29, 0.717) is 10.2 Å². The summed E-state index contributed by atoms with van der Waals surface area (Å²) < 4.78 is 20.5. The quantitative estimate of drug-likeness (QED) is 0.818. The summed E-state index contributed by atoms with van der Waals surface area (Å²) in [6, 6.07) is 4.64. The Kier molecular flexibility index (Phi) is 3.76. The molecule has 18 heavy (non-hydrogen) atoms. The van der Waals surface area contributed by atoms with Gasteiger partial charge in [0.25, 0.3) is 0 Å². The lowest BCUT2D eigenvalue weighted by molar-refractivity contribution is 0.0520. The van der Waals surface area contributed by atoms with E-state index in [1.165, 1.54) is 23.2 Å². The molecule has 0 amide bonds. The van der Waals surface area contributed by atoms with Gasteiger partial charge < -0.3 is 9.30 Å². The molecule has 1 aromatic heterocycles. The number of benzene rings is 1. The Labute approximate surface area is 112 Å². The molecule has 2 rings (SSSR count). The molecule has 0 fully saturated rings. The van der Waals surface area contributed by atoms with E-state index < -0.39 is 11.8 Å². The molecule has 0 aliphatic heterocycles. The zero-order valence-corrected chi connectivity index (χ0v) is 11.1. The van der Waals surface area contributed by atoms with Crippen molar-refractivity contribution in [3.05, 3.63) is 46.7 Å². The number of ether oxygens (including phenoxy) is 1. The lowest BCUT2D eigenvalue weighted by Crippen LogP contribution is -2.04. The van der Waals surface area contributed by atoms with Crippen molar-refractivity contribution in [2.24, 2.45) is 0 Å². The van der Waals surface area contributed by atoms with E-state index in [0.717, 1.165) is 0 Å². The van der Waals surface area contributed by atoms with E-state index in [1.807, 2.05) is 0 Å². The first-order valence-corrected chi connectivity index (χ1v) is 6.08. The van der Waals surface area contributed by atoms with Crippen LogP contribution in [0.15, 0.2) is 35.2 Å². The van der Waals surface area contributed by atoms with Crippen molar-refractivity contribution in [1.29, 1.82) is 0 Å². The van der Waals surface area contributed by atoms with Crippen molar-refractivity contribution in [2.75, 3.05) is 6.61 Å². The van der Waals surface area contributed by atoms with Crippen LogP contribution in [0.25, 0.3) is 5.69 Å². The predicted molar refractivity (Wildman–Crippen MR) is 67.2 cm³/mol. The maximum absolute atomic E-state index is 13.7. The molecule has 6 heteroatoms. The van der Waals surface area contributed by atoms with Crippen molar-refractivity contribution in [3.63, 3.8) is 0 Å². The fourth-order valence-electron chi connectivity index (χ4n) is 1.49. The van der Waals surface area contributed by atoms with E-state index >= 15 is 0 Å². The Hall–Kier alpha value is -1.69. The van der Waals surface area contributed by atoms with Crippen LogP contribution in [0.3, 0.4) is 0 Å². The standard InChI is InChI=1S/C12H10BrFN2O2/c1-2-18-12(17)10-6-16(7-15-10)11-8(13)4-3-5-9(11)14/h3-7H,2H2,1H3. The van der Waals surface area contributed by atoms with Crippen LogP contribution in [-0.4, -0.2) is 22.1 Å². The molecule has 0 saturated heterocycles. The van der Waals surface area contributed by atoms with Crippen LogP contribution in [0.1, 0.15) is 17.4 Å². The number of carbonyl (C=O) groups is 1. The molecule has 2 aromatic rings. The van der Waals surface area contributed by atoms with Crippen LogP contribution >= 0.6 is 15.9 Å². The first-order chi connectivity index (χ1) is 8.63. The average Bonchev–Trinajstić information content (AvgIpc) is 2.78. The highest BCUT2D eigenvalue weighted by Gasteiger charge is 2.14. The van der Waals surface area contributed by atoms with Gasteiger partial charge >= 0.3 is 5.97 Å². The van der Waals surface area contributed by atoms with E-state index in [2.05, 4.69) is 20.9 Å². The summed E-state index contributed by atoms with van der Waals surface area (Å²) in [7, 11) is 0. The molecule has 4 nitrogen and oxygen atoms in total. The Bertz CT molecular complexity index is 563. The van der Waals surface area contributed by atoms with Gasteiger partial charge in [0.05, 0.1) is 12.3 Å². The predicted octanol–water partition coefficient (Wildman–Crippen LogP) is 2.95. The third kappa shape index (κ3) is 2.43. The lowest BCUT2D eigenvalue weighted by atomic mass is 10.3. The molecule has 0 N–H and O–H groups in total. The molecule has 1 heterocycles. The van der Waals surface area contributed by atoms with Gasteiger partial charge in [0, 0.05) is 10.7 Å². The van der Waals surface area contributed by atoms with E-state index in [1.54, 1.807) is 19.1 Å². The zero-order chi connectivity index (χ0) is 13.1. The van der Waals surface area contributed by atoms with Crippen molar-refractivity contribution < 1.29 is 13.9 Å². The minimum Gasteiger partial charge on any atom is -0.461 e. The number of nitrogens with zero attached hydrogens (tertiary/aromatic N) is 2. The number of esters is 1. The van der Waals surface area contributed by atoms with Gasteiger partial charge in [0.2, 0.25) is 0 Å². The normalized spacial score (nSPS) is 10.4. The summed E-state index contributed by atoms with van der Waals surface area (Å²) in [4.78, 5) is 15.3. The number of para-hydroxylation sites is 1. The van der Waals surface area contributed by atoms with Gasteiger partial charge in [-0.2, -0.15) is 0 Å². The molecular formula is C12H10BrFN2O2. The SMILES string of the molecule is CCOC(=O)c1cn(-c2c(F)cccc2Br)cn1. The van der Waals surface area contributed by atoms with Gasteiger partial charge in [-0.25, -0.2) is 14.2 Å². The largest absolute Gasteiger partial charge is 0.461 e. The Morgan fingerprint density at radius 1 is 1.56 bits per heavy atom. The second kappa shape index (κ2) is 5.30. The molecule has 0 bridgehead atoms. The topological polar surface area (TPSA) is 44.1 Å². The summed E-state index contributed by atoms with van der Waals surface area (Å²) in [5.41, 5.74) is 0.451. The van der Waals surface area contributed by atoms with Gasteiger partial charge in [-0.15, -0.1) is 0 Å². The van der Waals surface area contributed by atoms with Gasteiger partial charge in [-0.3, -0.25) is 0 Å². The summed E-state index contributed by atoms with van der Waals surface area (Å²) in [6.07, 6.45) is 2.80. The fourth-order valence-corrected chi connectivity index (χ4v) is 2.04. The highest BCUT2D eigenvalue weighted by atomic mass is 79.9. The van der Waals surface area contributed by atoms with Gasteiger partial charge in [-0.05, 0) is 35.0 Å². The zero-order valence-electron chi connectivity index (χ0n) is 9.56. The molecule has 0 saturated carbocycles. The van der Waals surface area contributed by atoms with Gasteiger partial charge in [-0.1, -0.05) is 6.07 Å². The fraction of sp³-hybridized carbons (Fsp3) is 0.167. The van der Waals surface area contributed by atoms with Crippen molar-refractivity contribution in [2.45, 2.75) is 6.92 Å². The van der Waals surface area contributed by atoms with E-state index in [4.69, 9.17) is 4.74 Å². The van der Waals surface area contributed by atoms with E-state index in [9.17, 15) is 9.18 Å². The van der Waals surface area contributed by atoms with Crippen LogP contribution in [-0.2, 0) is 4.74 Å². The number of aromatic nitrogens is 2. The van der Waals surface area contributed by atoms with Crippen LogP contribution < -0.4 is 0 Å². The molecule has 0 spiro atoms. The maximum Gasteiger partial charge on any atom is 0.358 e. The smallest absolute Gasteiger partial charge is 0.358 e. The Balaban J connectivity index is 2.38. The Morgan fingerprint density at radius 3 is 3.00 bits per heavy atom. The highest BCUT2D eigenvalue weighted by molar-refractivity contribution is 9.10. The second-order valence-electron chi connectivity index (χ2n) is 3.46. The van der Waals surface area contributed by atoms with Crippen molar-refractivity contribution in [3.8, 4) is 5.69 Å². The van der Waals surface area contributed by atoms with Crippen LogP contribution in [0.5, 0.6) is 0 Å². The van der Waals surface area contributed by atoms with Crippen LogP contribution in [0.4, 0.5) is 4.39 Å². The summed E-state index contributed by atoms with van der Waals surface area (Å²) >= 11 is 3.26. The Morgan fingerprint density at radius 2 is 2.33 bits per heavy atom. The number of carbonyl (C=O) groups excluding carboxylic acids is 1. The highest BCUT2D eigenvalue weighted by Crippen LogP contribution is 2.24. The van der Waals surface area contributed by atoms with Gasteiger partial charge in [0.1, 0.15) is 12.1 Å². The van der Waals surface area contributed by atoms with Crippen LogP contribution in [0, 0.1) is 5.82 Å². The summed E-state index contributed by atoms with van der Waals surface area (Å²) in [5.74, 6) is -0.930. The lowest BCUT2D eigenvalue weighted by Gasteiger charge is -2.05. The van der Waals surface area contributed by atoms with Crippen molar-refractivity contribution >= 4 is 21.9 Å². The van der Waals surface area contributed by atoms with E-state index in [-0.39, 0.29) is 12.3 Å². The molecule has 0 unspecified atom stereocenters. The maximum atomic E-state index is 13.7. The van der Waals surface area contributed by atoms with Crippen LogP contribution in [0.2, 0.25) is 0 Å². The average molecular weight is 313 g/mol. The first-order valence-electron chi connectivity index (χ1n) is 5.29. The molecule has 94 valence electrons. The van der Waals surface area contributed by atoms with Crippen molar-refractivity contribution in [1.82, 2.24) is 9.55 Å². The summed E-state index contributed by atoms with van der Waals surface area (Å²) in [5, 5.41) is 0. The molecule has 0 aliphatic rings. The third-order valence-electron chi connectivity index (χ3n) is 2.26. The van der Waals surface area contributed by atoms with Gasteiger partial charge in [0.15, 0.2) is 5.69 Å². The molecule has 0 atom stereocenters. The number of rotatable bonds is 3.